The van der Waals surface area contributed by atoms with Gasteiger partial charge in [0.15, 0.2) is 91.3 Å². The SMILES string of the molecule is N=C(N)NCC1OC(OC2C(NC(=N)N)CC(NC(=N)N)C(OC(=O)Nc3ccccc3)C2OC2OC(COC(=O)Nc3ccccc3)C(OC3OC(CNC(=N)N)C(OC(=O)Nc4ccccc4)C(OC(=O)Nc4ccccc4)C3NC(=N)N)C2OC(=O)Nc2ccccc2)C(NC(=N)N)C(OC(=O)Nc2ccccc2)C1OC(=O)Nc1ccccc1. The van der Waals surface area contributed by atoms with Crippen molar-refractivity contribution in [2.45, 2.75) is 123 Å². The van der Waals surface area contributed by atoms with E-state index in [1.165, 1.54) is 84.9 Å². The zero-order chi connectivity index (χ0) is 87.5. The standard InChI is InChI=1S/C78H93N25O20/c79-66(80)91-37-49-56(119-74(106)95-42-26-12-3-13-27-42)59(121-76(108)97-44-30-16-5-17-31-44)52(102-70(87)88)63(112-49)115-54-47(100-68(83)84)36-48(101-69(85)86)55(118-73(105)94-41-24-10-2-11-25-41)61(54)117-65-62(123-78(110)99-46-34-20-7-21-35-46)58(51(114-65)39-111-72(104)93-40-22-8-1-9-23-40)116-64-53(103-71(89)90)60(122-77(109)98-45-32-18-6-19-33-45)57(50(113-64)38-92-67(81)82)120-75(107)96-43-28-14-4-15-29-43/h1-35,47-65H,36-39H2,(H,93,104)(H,94,105)(H,95,106)(H,96,107)(H,97,108)(H,98,109)(H,99,110)(H4,79,80,91)(H4,81,82,92)(H4,83,84,100)(H4,85,86,101)(H4,87,88,102)(H4,89,90,103). The monoisotopic (exact) mass is 1700 g/mol. The fourth-order valence-electron chi connectivity index (χ4n) is 13.6. The van der Waals surface area contributed by atoms with E-state index in [-0.39, 0.29) is 39.8 Å². The highest BCUT2D eigenvalue weighted by atomic mass is 16.8. The lowest BCUT2D eigenvalue weighted by Gasteiger charge is -2.50. The molecule has 7 aromatic rings. The van der Waals surface area contributed by atoms with Crippen LogP contribution in [0.5, 0.6) is 0 Å². The molecule has 4 aliphatic rings. The molecule has 4 fully saturated rings. The van der Waals surface area contributed by atoms with Crippen LogP contribution in [-0.2, 0) is 61.6 Å². The molecule has 0 aromatic heterocycles. The maximum absolute atomic E-state index is 15.1. The molecule has 0 spiro atoms. The highest BCUT2D eigenvalue weighted by Gasteiger charge is 2.61. The normalized spacial score (nSPS) is 24.9. The summed E-state index contributed by atoms with van der Waals surface area (Å²) in [7, 11) is 0. The summed E-state index contributed by atoms with van der Waals surface area (Å²) in [5.74, 6) is -4.57. The quantitative estimate of drug-likeness (QED) is 0.0179. The Bertz CT molecular complexity index is 4770. The topological polar surface area (TPSA) is 695 Å². The van der Waals surface area contributed by atoms with Gasteiger partial charge < -0.3 is 128 Å². The number of hydrogen-bond donors (Lipinski definition) is 25. The number of carbonyl (C=O) groups is 7. The van der Waals surface area contributed by atoms with Crippen LogP contribution >= 0.6 is 0 Å². The van der Waals surface area contributed by atoms with E-state index in [0.29, 0.717) is 0 Å². The van der Waals surface area contributed by atoms with Crippen LogP contribution in [0.25, 0.3) is 0 Å². The third kappa shape index (κ3) is 26.2. The number of anilines is 7. The third-order valence-electron chi connectivity index (χ3n) is 18.7. The van der Waals surface area contributed by atoms with E-state index in [2.05, 4.69) is 69.1 Å². The lowest BCUT2D eigenvalue weighted by Crippen LogP contribution is -2.72. The van der Waals surface area contributed by atoms with Gasteiger partial charge in [-0.05, 0) is 91.3 Å². The first-order valence-corrected chi connectivity index (χ1v) is 37.9. The molecule has 19 atom stereocenters. The number of benzene rings is 7. The number of carbonyl (C=O) groups excluding carboxylic acids is 7. The fraction of sp³-hybridized carbons (Fsp3) is 0.295. The summed E-state index contributed by atoms with van der Waals surface area (Å²) in [4.78, 5) is 102. The number of nitrogens with one attached hydrogen (secondary N) is 19. The molecule has 1 saturated carbocycles. The highest BCUT2D eigenvalue weighted by Crippen LogP contribution is 2.40. The van der Waals surface area contributed by atoms with Crippen molar-refractivity contribution >= 4 is 118 Å². The summed E-state index contributed by atoms with van der Waals surface area (Å²) < 4.78 is 85.6. The van der Waals surface area contributed by atoms with Crippen molar-refractivity contribution < 1.29 is 95.1 Å². The molecule has 650 valence electrons. The minimum Gasteiger partial charge on any atom is -0.446 e. The van der Waals surface area contributed by atoms with Gasteiger partial charge in [-0.3, -0.25) is 69.7 Å². The van der Waals surface area contributed by atoms with Gasteiger partial charge >= 0.3 is 42.7 Å². The fourth-order valence-corrected chi connectivity index (χ4v) is 13.6. The first-order valence-electron chi connectivity index (χ1n) is 37.9. The Balaban J connectivity index is 1.08. The van der Waals surface area contributed by atoms with Crippen LogP contribution in [0, 0.1) is 32.5 Å². The van der Waals surface area contributed by atoms with Crippen molar-refractivity contribution in [2.75, 3.05) is 56.9 Å². The molecule has 11 rings (SSSR count). The minimum atomic E-state index is -2.28. The Labute approximate surface area is 701 Å². The second-order valence-electron chi connectivity index (χ2n) is 27.5. The van der Waals surface area contributed by atoms with Crippen molar-refractivity contribution in [2.24, 2.45) is 34.4 Å². The Morgan fingerprint density at radius 2 is 0.545 bits per heavy atom. The van der Waals surface area contributed by atoms with Crippen molar-refractivity contribution in [1.82, 2.24) is 31.9 Å². The molecule has 31 N–H and O–H groups in total. The van der Waals surface area contributed by atoms with Gasteiger partial charge in [0.25, 0.3) is 0 Å². The Kier molecular flexibility index (Phi) is 31.0. The third-order valence-corrected chi connectivity index (χ3v) is 18.7. The smallest absolute Gasteiger partial charge is 0.412 e. The number of hydrogen-bond acceptors (Lipinski definition) is 26. The minimum absolute atomic E-state index is 0.129. The summed E-state index contributed by atoms with van der Waals surface area (Å²) >= 11 is 0. The molecule has 3 heterocycles. The summed E-state index contributed by atoms with van der Waals surface area (Å²) in [6.07, 6.45) is -38.4. The lowest BCUT2D eigenvalue weighted by molar-refractivity contribution is -0.308. The molecular weight excluding hydrogens is 1610 g/mol. The zero-order valence-corrected chi connectivity index (χ0v) is 65.1. The number of ether oxygens (including phenoxy) is 13. The Morgan fingerprint density at radius 3 is 0.854 bits per heavy atom. The van der Waals surface area contributed by atoms with Gasteiger partial charge in [0.2, 0.25) is 0 Å². The predicted molar refractivity (Wildman–Crippen MR) is 444 cm³/mol. The predicted octanol–water partition coefficient (Wildman–Crippen LogP) is 4.05. The molecule has 3 aliphatic heterocycles. The molecule has 7 aromatic carbocycles. The van der Waals surface area contributed by atoms with E-state index in [1.54, 1.807) is 127 Å². The van der Waals surface area contributed by atoms with Crippen LogP contribution in [0.4, 0.5) is 73.4 Å². The van der Waals surface area contributed by atoms with Gasteiger partial charge in [0.05, 0.1) is 12.1 Å². The van der Waals surface area contributed by atoms with Gasteiger partial charge in [-0.1, -0.05) is 127 Å². The van der Waals surface area contributed by atoms with Crippen molar-refractivity contribution in [3.8, 4) is 0 Å². The number of amides is 7. The van der Waals surface area contributed by atoms with Crippen LogP contribution in [0.2, 0.25) is 0 Å². The van der Waals surface area contributed by atoms with E-state index in [9.17, 15) is 28.8 Å². The second kappa shape index (κ2) is 43.0. The van der Waals surface area contributed by atoms with E-state index < -0.39 is 221 Å². The largest absolute Gasteiger partial charge is 0.446 e. The molecular formula is C78H93N25O20. The molecule has 0 bridgehead atoms. The molecule has 45 nitrogen and oxygen atoms in total. The van der Waals surface area contributed by atoms with E-state index in [4.69, 9.17) is 128 Å². The molecule has 45 heteroatoms. The van der Waals surface area contributed by atoms with Gasteiger partial charge in [0.1, 0.15) is 55.3 Å². The van der Waals surface area contributed by atoms with Crippen molar-refractivity contribution in [3.05, 3.63) is 212 Å². The maximum Gasteiger partial charge on any atom is 0.412 e. The zero-order valence-electron chi connectivity index (χ0n) is 65.1. The summed E-state index contributed by atoms with van der Waals surface area (Å²) in [6.45, 7) is -2.10. The lowest BCUT2D eigenvalue weighted by atomic mass is 9.83. The maximum atomic E-state index is 15.1. The van der Waals surface area contributed by atoms with Gasteiger partial charge in [-0.25, -0.2) is 33.6 Å². The van der Waals surface area contributed by atoms with Gasteiger partial charge in [0, 0.05) is 52.9 Å². The summed E-state index contributed by atoms with van der Waals surface area (Å²) in [6, 6.07) is 48.7. The molecule has 3 saturated heterocycles. The number of nitrogens with two attached hydrogens (primary N) is 6. The molecule has 1 aliphatic carbocycles. The average molecular weight is 1700 g/mol. The summed E-state index contributed by atoms with van der Waals surface area (Å²) in [5, 5.41) is 86.4. The summed E-state index contributed by atoms with van der Waals surface area (Å²) in [5.41, 5.74) is 38.2. The van der Waals surface area contributed by atoms with E-state index in [1.807, 2.05) is 0 Å². The average Bonchev–Trinajstić information content (AvgIpc) is 1.60. The number of para-hydroxylation sites is 7. The Hall–Kier alpha value is -15.2. The first-order chi connectivity index (χ1) is 59.2. The van der Waals surface area contributed by atoms with Crippen LogP contribution in [-0.4, -0.2) is 214 Å². The second-order valence-corrected chi connectivity index (χ2v) is 27.5. The molecule has 7 amide bonds. The van der Waals surface area contributed by atoms with Crippen LogP contribution in [0.3, 0.4) is 0 Å². The molecule has 123 heavy (non-hydrogen) atoms. The van der Waals surface area contributed by atoms with Crippen molar-refractivity contribution in [1.29, 1.82) is 32.5 Å². The number of guanidine groups is 6. The van der Waals surface area contributed by atoms with E-state index >= 15 is 4.79 Å². The molecule has 19 unspecified atom stereocenters. The van der Waals surface area contributed by atoms with Crippen LogP contribution in [0.1, 0.15) is 6.42 Å². The van der Waals surface area contributed by atoms with E-state index in [0.717, 1.165) is 0 Å². The Morgan fingerprint density at radius 1 is 0.285 bits per heavy atom. The van der Waals surface area contributed by atoms with Crippen LogP contribution < -0.4 is 104 Å². The first kappa shape index (κ1) is 88.6. The van der Waals surface area contributed by atoms with Gasteiger partial charge in [-0.15, -0.1) is 0 Å². The molecule has 0 radical (unpaired) electrons. The number of rotatable bonds is 29. The van der Waals surface area contributed by atoms with Crippen molar-refractivity contribution in [3.63, 3.8) is 0 Å². The van der Waals surface area contributed by atoms with Gasteiger partial charge in [-0.2, -0.15) is 0 Å². The highest BCUT2D eigenvalue weighted by molar-refractivity contribution is 5.89. The van der Waals surface area contributed by atoms with Crippen LogP contribution in [0.15, 0.2) is 212 Å².